The molecule has 0 heterocycles. The average molecular weight is 819 g/mol. The number of benzene rings is 18. The maximum absolute atomic E-state index is 4.65. The molecule has 1 heteroatoms. The molecule has 0 amide bonds. The van der Waals surface area contributed by atoms with E-state index in [2.05, 4.69) is 31.1 Å². The zero-order chi connectivity index (χ0) is 39.5. The number of rotatable bonds is 0. The van der Waals surface area contributed by atoms with Crippen molar-refractivity contribution in [1.29, 1.82) is 0 Å². The average Bonchev–Trinajstić information content (AvgIpc) is 4.15. The second-order valence-corrected chi connectivity index (χ2v) is 30.3. The van der Waals surface area contributed by atoms with E-state index >= 15 is 0 Å². The van der Waals surface area contributed by atoms with E-state index in [1.807, 2.05) is 0 Å². The third-order valence-electron chi connectivity index (χ3n) is 23.8. The highest BCUT2D eigenvalue weighted by Gasteiger charge is 2.62. The first-order valence-corrected chi connectivity index (χ1v) is 28.4. The SMILES string of the molecule is C[Si](C)(C)C#CC12c3c4c5c6c7c8c(c9c%10c1c1c3c3c%11c4c4c5c5c7c7c%12c8c8c9c9c%10c%10c1c1c3c3c%11c%11c4c4c5c7c5c7c%12c8c8c9c9c%10c1c1c3c3c%11c4c5c4c7c8c9c1c34)C62. The zero-order valence-electron chi connectivity index (χ0n) is 34.6. The summed E-state index contributed by atoms with van der Waals surface area (Å²) < 4.78 is 0. The van der Waals surface area contributed by atoms with Gasteiger partial charge in [-0.2, -0.15) is 0 Å². The molecule has 4 aliphatic rings. The first-order chi connectivity index (χ1) is 32.6. The largest absolute Gasteiger partial charge is 0.131 e. The molecule has 4 aliphatic carbocycles. The standard InChI is InChI=1S/C65H10Si/c1-66(2,3)5-4-65-62-58-52-38-30-22-10-7-6-8-11(10)23-25-21-15(8)17-13-9(6)12-16-14(7)20-24(22)36(38)44-42-28(20)26(16)34-32-18(12)19(13)33-35-27(17)29(21)43-45-37(25)39(31(23)30)53(52)59(62)55(45)57-49(43)47(35)51-41(33)40(32)50-46(34)48(42)56(54(44)58)63(65)60(50)61(51)64(57)65/h62H,1-3H3. The van der Waals surface area contributed by atoms with E-state index < -0.39 is 13.5 Å². The van der Waals surface area contributed by atoms with Crippen molar-refractivity contribution < 1.29 is 0 Å². The van der Waals surface area contributed by atoms with E-state index in [9.17, 15) is 0 Å². The lowest BCUT2D eigenvalue weighted by molar-refractivity contribution is 0.610. The molecule has 0 bridgehead atoms. The summed E-state index contributed by atoms with van der Waals surface area (Å²) in [6.07, 6.45) is 0. The Hall–Kier alpha value is -7.76. The molecular formula is C65H10Si. The van der Waals surface area contributed by atoms with Crippen LogP contribution in [0.4, 0.5) is 0 Å². The monoisotopic (exact) mass is 818 g/mol. The molecule has 32 rings (SSSR count). The van der Waals surface area contributed by atoms with Gasteiger partial charge >= 0.3 is 0 Å². The molecule has 0 aliphatic heterocycles. The first-order valence-electron chi connectivity index (χ1n) is 24.9. The van der Waals surface area contributed by atoms with Crippen LogP contribution in [0, 0.1) is 11.5 Å². The van der Waals surface area contributed by atoms with Crippen molar-refractivity contribution in [2.45, 2.75) is 31.0 Å². The second kappa shape index (κ2) is 5.39. The van der Waals surface area contributed by atoms with Gasteiger partial charge in [0, 0.05) is 5.92 Å². The van der Waals surface area contributed by atoms with Crippen molar-refractivity contribution in [1.82, 2.24) is 0 Å². The molecule has 28 aromatic rings. The van der Waals surface area contributed by atoms with Crippen molar-refractivity contribution in [3.8, 4) is 11.5 Å². The van der Waals surface area contributed by atoms with Gasteiger partial charge in [-0.25, -0.2) is 0 Å². The van der Waals surface area contributed by atoms with Crippen LogP contribution in [0.15, 0.2) is 0 Å². The van der Waals surface area contributed by atoms with Gasteiger partial charge in [0.15, 0.2) is 0 Å². The van der Waals surface area contributed by atoms with Crippen LogP contribution >= 0.6 is 0 Å². The number of hydrogen-bond acceptors (Lipinski definition) is 0. The summed E-state index contributed by atoms with van der Waals surface area (Å²) >= 11 is 0. The smallest absolute Gasteiger partial charge is 0.129 e. The van der Waals surface area contributed by atoms with Gasteiger partial charge in [-0.15, -0.1) is 5.54 Å². The highest BCUT2D eigenvalue weighted by Crippen LogP contribution is 2.83. The van der Waals surface area contributed by atoms with Gasteiger partial charge in [-0.1, -0.05) is 25.6 Å². The lowest BCUT2D eigenvalue weighted by Crippen LogP contribution is -2.36. The normalized spacial score (nSPS) is 21.3. The third-order valence-corrected chi connectivity index (χ3v) is 24.6. The van der Waals surface area contributed by atoms with E-state index in [0.717, 1.165) is 0 Å². The minimum absolute atomic E-state index is 0.215. The van der Waals surface area contributed by atoms with E-state index in [0.29, 0.717) is 0 Å². The van der Waals surface area contributed by atoms with Crippen molar-refractivity contribution in [3.05, 3.63) is 22.3 Å². The van der Waals surface area contributed by atoms with Crippen LogP contribution in [0.2, 0.25) is 19.6 Å². The van der Waals surface area contributed by atoms with Crippen LogP contribution in [0.3, 0.4) is 0 Å². The summed E-state index contributed by atoms with van der Waals surface area (Å²) in [7, 11) is -1.85. The molecule has 0 nitrogen and oxygen atoms in total. The Morgan fingerprint density at radius 1 is 0.227 bits per heavy atom. The van der Waals surface area contributed by atoms with Crippen LogP contribution in [0.5, 0.6) is 0 Å². The molecule has 0 spiro atoms. The predicted octanol–water partition coefficient (Wildman–Crippen LogP) is 18.0. The molecule has 0 saturated carbocycles. The van der Waals surface area contributed by atoms with E-state index in [1.165, 1.54) is 0 Å². The Labute approximate surface area is 361 Å². The van der Waals surface area contributed by atoms with E-state index in [-0.39, 0.29) is 5.92 Å². The fourth-order valence-corrected chi connectivity index (χ4v) is 24.2. The van der Waals surface area contributed by atoms with Crippen LogP contribution in [0.25, 0.3) is 291 Å². The van der Waals surface area contributed by atoms with Crippen LogP contribution in [0.1, 0.15) is 28.2 Å². The quantitative estimate of drug-likeness (QED) is 0.0812. The maximum Gasteiger partial charge on any atom is 0.129 e. The Morgan fingerprint density at radius 2 is 0.379 bits per heavy atom. The van der Waals surface area contributed by atoms with E-state index in [1.54, 1.807) is 313 Å². The van der Waals surface area contributed by atoms with Gasteiger partial charge in [0.05, 0.1) is 5.41 Å². The van der Waals surface area contributed by atoms with Gasteiger partial charge in [0.25, 0.3) is 0 Å². The van der Waals surface area contributed by atoms with Crippen molar-refractivity contribution >= 4 is 299 Å². The Bertz CT molecular complexity index is 6890. The van der Waals surface area contributed by atoms with Gasteiger partial charge < -0.3 is 0 Å². The van der Waals surface area contributed by atoms with Crippen molar-refractivity contribution in [3.63, 3.8) is 0 Å². The molecule has 274 valence electrons. The maximum atomic E-state index is 4.65. The molecule has 0 aromatic heterocycles. The van der Waals surface area contributed by atoms with Crippen molar-refractivity contribution in [2.24, 2.45) is 0 Å². The molecule has 66 heavy (non-hydrogen) atoms. The summed E-state index contributed by atoms with van der Waals surface area (Å²) in [5.74, 6) is 4.86. The summed E-state index contributed by atoms with van der Waals surface area (Å²) in [6.45, 7) is 7.55. The lowest BCUT2D eigenvalue weighted by atomic mass is 9.58. The van der Waals surface area contributed by atoms with Gasteiger partial charge in [0.2, 0.25) is 0 Å². The lowest BCUT2D eigenvalue weighted by Gasteiger charge is -2.42. The molecule has 0 N–H and O–H groups in total. The third kappa shape index (κ3) is 1.29. The Balaban J connectivity index is 1.26. The topological polar surface area (TPSA) is 0 Å². The fourth-order valence-electron chi connectivity index (χ4n) is 23.7. The minimum Gasteiger partial charge on any atom is -0.131 e. The van der Waals surface area contributed by atoms with Crippen molar-refractivity contribution in [2.75, 3.05) is 0 Å². The molecule has 0 atom stereocenters. The molecule has 0 unspecified atom stereocenters. The summed E-state index contributed by atoms with van der Waals surface area (Å²) in [4.78, 5) is 0. The molecule has 0 fully saturated rings. The highest BCUT2D eigenvalue weighted by atomic mass is 28.3. The molecule has 0 saturated heterocycles. The first kappa shape index (κ1) is 24.5. The molecular weight excluding hydrogens is 809 g/mol. The Kier molecular flexibility index (Phi) is 2.00. The summed E-state index contributed by atoms with van der Waals surface area (Å²) in [6, 6.07) is 0. The zero-order valence-corrected chi connectivity index (χ0v) is 35.6. The summed E-state index contributed by atoms with van der Waals surface area (Å²) in [5, 5.41) is 89.7. The number of hydrogen-bond donors (Lipinski definition) is 0. The minimum atomic E-state index is -1.85. The van der Waals surface area contributed by atoms with Crippen LogP contribution in [-0.2, 0) is 5.41 Å². The van der Waals surface area contributed by atoms with Crippen LogP contribution < -0.4 is 0 Å². The van der Waals surface area contributed by atoms with Gasteiger partial charge in [0.1, 0.15) is 8.07 Å². The molecule has 28 aromatic carbocycles. The molecule has 0 radical (unpaired) electrons. The summed E-state index contributed by atoms with van der Waals surface area (Å²) in [5.41, 5.74) is 10.7. The predicted molar refractivity (Wildman–Crippen MR) is 286 cm³/mol. The van der Waals surface area contributed by atoms with E-state index in [4.69, 9.17) is 0 Å². The van der Waals surface area contributed by atoms with Crippen LogP contribution in [-0.4, -0.2) is 8.07 Å². The fraction of sp³-hybridized carbons (Fsp3) is 0.0769. The van der Waals surface area contributed by atoms with Gasteiger partial charge in [-0.05, 0) is 313 Å². The second-order valence-electron chi connectivity index (χ2n) is 25.6. The Morgan fingerprint density at radius 3 is 0.576 bits per heavy atom. The van der Waals surface area contributed by atoms with Gasteiger partial charge in [-0.3, -0.25) is 0 Å². The highest BCUT2D eigenvalue weighted by molar-refractivity contribution is 6.85.